The summed E-state index contributed by atoms with van der Waals surface area (Å²) in [5, 5.41) is 3.92. The molecular formula is C25H27FN2O4. The fourth-order valence-corrected chi connectivity index (χ4v) is 3.40. The van der Waals surface area contributed by atoms with Crippen LogP contribution in [0.25, 0.3) is 10.8 Å². The molecule has 0 saturated heterocycles. The zero-order valence-electron chi connectivity index (χ0n) is 18.9. The second-order valence-corrected chi connectivity index (χ2v) is 8.36. The van der Waals surface area contributed by atoms with Crippen LogP contribution in [0.3, 0.4) is 0 Å². The monoisotopic (exact) mass is 438 g/mol. The number of pyridine rings is 1. The van der Waals surface area contributed by atoms with Gasteiger partial charge in [0.15, 0.2) is 5.78 Å². The normalized spacial score (nSPS) is 12.3. The molecule has 0 aliphatic carbocycles. The molecule has 1 N–H and O–H groups in total. The highest BCUT2D eigenvalue weighted by molar-refractivity contribution is 6.17. The third-order valence-corrected chi connectivity index (χ3v) is 4.77. The summed E-state index contributed by atoms with van der Waals surface area (Å²) in [6.45, 7) is 9.15. The quantitative estimate of drug-likeness (QED) is 0.508. The number of ether oxygens (including phenoxy) is 2. The average Bonchev–Trinajstić information content (AvgIpc) is 2.72. The molecule has 0 aliphatic rings. The molecule has 0 spiro atoms. The van der Waals surface area contributed by atoms with Crippen molar-refractivity contribution in [3.8, 4) is 5.88 Å². The Morgan fingerprint density at radius 3 is 2.44 bits per heavy atom. The summed E-state index contributed by atoms with van der Waals surface area (Å²) >= 11 is 0. The third-order valence-electron chi connectivity index (χ3n) is 4.77. The van der Waals surface area contributed by atoms with Crippen LogP contribution >= 0.6 is 0 Å². The van der Waals surface area contributed by atoms with Crippen molar-refractivity contribution >= 4 is 22.6 Å². The molecule has 0 aliphatic heterocycles. The SMILES string of the molecule is CCOc1nccc2c(C(=O)c3cccc(C(C)NC(=O)OC(C)(C)C)c3F)cccc12. The maximum atomic E-state index is 15.4. The number of aromatic nitrogens is 1. The average molecular weight is 438 g/mol. The van der Waals surface area contributed by atoms with Gasteiger partial charge in [-0.05, 0) is 58.2 Å². The van der Waals surface area contributed by atoms with E-state index in [-0.39, 0.29) is 11.1 Å². The van der Waals surface area contributed by atoms with E-state index >= 15 is 4.39 Å². The van der Waals surface area contributed by atoms with Crippen LogP contribution in [0.15, 0.2) is 48.7 Å². The summed E-state index contributed by atoms with van der Waals surface area (Å²) in [6, 6.07) is 10.8. The number of hydrogen-bond donors (Lipinski definition) is 1. The van der Waals surface area contributed by atoms with Crippen molar-refractivity contribution in [1.29, 1.82) is 0 Å². The van der Waals surface area contributed by atoms with Crippen LogP contribution < -0.4 is 10.1 Å². The van der Waals surface area contributed by atoms with Crippen LogP contribution in [0, 0.1) is 5.82 Å². The van der Waals surface area contributed by atoms with Gasteiger partial charge in [-0.3, -0.25) is 4.79 Å². The first-order valence-corrected chi connectivity index (χ1v) is 10.5. The van der Waals surface area contributed by atoms with Crippen molar-refractivity contribution in [2.24, 2.45) is 0 Å². The first-order chi connectivity index (χ1) is 15.1. The first kappa shape index (κ1) is 23.2. The molecule has 2 aromatic carbocycles. The van der Waals surface area contributed by atoms with Crippen LogP contribution in [0.1, 0.15) is 62.1 Å². The highest BCUT2D eigenvalue weighted by atomic mass is 19.1. The van der Waals surface area contributed by atoms with Crippen molar-refractivity contribution in [1.82, 2.24) is 10.3 Å². The van der Waals surface area contributed by atoms with Gasteiger partial charge in [-0.1, -0.05) is 24.3 Å². The molecule has 32 heavy (non-hydrogen) atoms. The van der Waals surface area contributed by atoms with Crippen LogP contribution in [0.5, 0.6) is 5.88 Å². The molecule has 1 unspecified atom stereocenters. The lowest BCUT2D eigenvalue weighted by atomic mass is 9.95. The molecule has 3 rings (SSSR count). The van der Waals surface area contributed by atoms with Gasteiger partial charge in [0.05, 0.1) is 18.2 Å². The molecule has 1 atom stereocenters. The Morgan fingerprint density at radius 1 is 1.06 bits per heavy atom. The molecule has 7 heteroatoms. The van der Waals surface area contributed by atoms with E-state index in [0.29, 0.717) is 28.8 Å². The summed E-state index contributed by atoms with van der Waals surface area (Å²) in [6.07, 6.45) is 0.898. The summed E-state index contributed by atoms with van der Waals surface area (Å²) in [4.78, 5) is 29.6. The minimum atomic E-state index is -0.695. The molecule has 168 valence electrons. The summed E-state index contributed by atoms with van der Waals surface area (Å²) in [5.74, 6) is -0.728. The van der Waals surface area contributed by atoms with Crippen molar-refractivity contribution in [2.45, 2.75) is 46.3 Å². The van der Waals surface area contributed by atoms with Crippen LogP contribution in [-0.4, -0.2) is 29.1 Å². The van der Waals surface area contributed by atoms with Crippen molar-refractivity contribution in [2.75, 3.05) is 6.61 Å². The smallest absolute Gasteiger partial charge is 0.408 e. The molecule has 0 saturated carbocycles. The molecule has 1 aromatic heterocycles. The standard InChI is InChI=1S/C25H27FN2O4/c1-6-31-23-19-11-8-10-18(17(19)13-14-27-23)22(29)20-12-7-9-16(21(20)26)15(2)28-24(30)32-25(3,4)5/h7-15H,6H2,1-5H3,(H,28,30). The van der Waals surface area contributed by atoms with Gasteiger partial charge >= 0.3 is 6.09 Å². The summed E-state index contributed by atoms with van der Waals surface area (Å²) in [7, 11) is 0. The van der Waals surface area contributed by atoms with Gasteiger partial charge in [0.2, 0.25) is 5.88 Å². The van der Waals surface area contributed by atoms with Gasteiger partial charge in [0.1, 0.15) is 11.4 Å². The van der Waals surface area contributed by atoms with Gasteiger partial charge in [0.25, 0.3) is 0 Å². The Hall–Kier alpha value is -3.48. The second-order valence-electron chi connectivity index (χ2n) is 8.36. The van der Waals surface area contributed by atoms with Crippen LogP contribution in [-0.2, 0) is 4.74 Å². The number of ketones is 1. The van der Waals surface area contributed by atoms with E-state index in [1.165, 1.54) is 12.1 Å². The molecular weight excluding hydrogens is 411 g/mol. The fourth-order valence-electron chi connectivity index (χ4n) is 3.40. The maximum Gasteiger partial charge on any atom is 0.408 e. The minimum absolute atomic E-state index is 0.0809. The summed E-state index contributed by atoms with van der Waals surface area (Å²) < 4.78 is 26.2. The molecule has 3 aromatic rings. The Bertz CT molecular complexity index is 1150. The molecule has 1 amide bonds. The number of amides is 1. The van der Waals surface area contributed by atoms with E-state index in [0.717, 1.165) is 0 Å². The molecule has 0 bridgehead atoms. The van der Waals surface area contributed by atoms with E-state index in [9.17, 15) is 9.59 Å². The van der Waals surface area contributed by atoms with E-state index in [1.54, 1.807) is 58.2 Å². The Morgan fingerprint density at radius 2 is 1.75 bits per heavy atom. The third kappa shape index (κ3) is 5.04. The van der Waals surface area contributed by atoms with Gasteiger partial charge in [0, 0.05) is 22.7 Å². The highest BCUT2D eigenvalue weighted by Crippen LogP contribution is 2.29. The zero-order chi connectivity index (χ0) is 23.5. The van der Waals surface area contributed by atoms with E-state index < -0.39 is 29.3 Å². The number of nitrogens with one attached hydrogen (secondary N) is 1. The lowest BCUT2D eigenvalue weighted by Crippen LogP contribution is -2.34. The predicted molar refractivity (Wildman–Crippen MR) is 121 cm³/mol. The minimum Gasteiger partial charge on any atom is -0.478 e. The first-order valence-electron chi connectivity index (χ1n) is 10.5. The zero-order valence-corrected chi connectivity index (χ0v) is 18.9. The number of hydrogen-bond acceptors (Lipinski definition) is 5. The van der Waals surface area contributed by atoms with Gasteiger partial charge in [-0.25, -0.2) is 14.2 Å². The number of rotatable bonds is 6. The van der Waals surface area contributed by atoms with E-state index in [1.807, 2.05) is 13.0 Å². The maximum absolute atomic E-state index is 15.4. The lowest BCUT2D eigenvalue weighted by Gasteiger charge is -2.22. The highest BCUT2D eigenvalue weighted by Gasteiger charge is 2.24. The van der Waals surface area contributed by atoms with Crippen molar-refractivity contribution < 1.29 is 23.5 Å². The lowest BCUT2D eigenvalue weighted by molar-refractivity contribution is 0.0507. The number of fused-ring (bicyclic) bond motifs is 1. The fraction of sp³-hybridized carbons (Fsp3) is 0.320. The van der Waals surface area contributed by atoms with Crippen molar-refractivity contribution in [3.05, 3.63) is 71.2 Å². The largest absolute Gasteiger partial charge is 0.478 e. The van der Waals surface area contributed by atoms with Crippen LogP contribution in [0.2, 0.25) is 0 Å². The molecule has 0 radical (unpaired) electrons. The Labute approximate surface area is 186 Å². The number of benzene rings is 2. The number of alkyl carbamates (subject to hydrolysis) is 1. The summed E-state index contributed by atoms with van der Waals surface area (Å²) in [5.41, 5.74) is -0.222. The Kier molecular flexibility index (Phi) is 6.77. The molecule has 1 heterocycles. The number of carbonyl (C=O) groups excluding carboxylic acids is 2. The topological polar surface area (TPSA) is 77.5 Å². The van der Waals surface area contributed by atoms with Crippen molar-refractivity contribution in [3.63, 3.8) is 0 Å². The van der Waals surface area contributed by atoms with E-state index in [4.69, 9.17) is 9.47 Å². The second kappa shape index (κ2) is 9.34. The van der Waals surface area contributed by atoms with Crippen LogP contribution in [0.4, 0.5) is 9.18 Å². The Balaban J connectivity index is 1.95. The number of halogens is 1. The molecule has 6 nitrogen and oxygen atoms in total. The number of nitrogens with zero attached hydrogens (tertiary/aromatic N) is 1. The predicted octanol–water partition coefficient (Wildman–Crippen LogP) is 5.59. The van der Waals surface area contributed by atoms with Gasteiger partial charge in [-0.15, -0.1) is 0 Å². The van der Waals surface area contributed by atoms with Gasteiger partial charge in [-0.2, -0.15) is 0 Å². The van der Waals surface area contributed by atoms with E-state index in [2.05, 4.69) is 10.3 Å². The number of carbonyl (C=O) groups is 2. The molecule has 0 fully saturated rings. The van der Waals surface area contributed by atoms with Gasteiger partial charge < -0.3 is 14.8 Å².